The number of para-hydroxylation sites is 1. The third-order valence-corrected chi connectivity index (χ3v) is 14.1. The lowest BCUT2D eigenvalue weighted by atomic mass is 9.81. The monoisotopic (exact) mass is 951 g/mol. The largest absolute Gasteiger partial charge is 0.463 e. The van der Waals surface area contributed by atoms with Crippen LogP contribution in [0.3, 0.4) is 0 Å². The Hall–Kier alpha value is -6.96. The maximum absolute atomic E-state index is 13.6. The second kappa shape index (κ2) is 19.6. The molecule has 66 heavy (non-hydrogen) atoms. The smallest absolute Gasteiger partial charge is 0.336 e. The molecule has 4 heterocycles. The molecule has 0 saturated carbocycles. The number of nitrogens with one attached hydrogen (secondary N) is 3. The Labute approximate surface area is 399 Å². The van der Waals surface area contributed by atoms with E-state index in [9.17, 15) is 19.2 Å². The maximum atomic E-state index is 13.6. The topological polar surface area (TPSA) is 166 Å². The highest BCUT2D eigenvalue weighted by molar-refractivity contribution is 7.19. The van der Waals surface area contributed by atoms with E-state index in [-0.39, 0.29) is 30.0 Å². The van der Waals surface area contributed by atoms with Gasteiger partial charge in [-0.25, -0.2) is 4.79 Å². The van der Waals surface area contributed by atoms with Gasteiger partial charge in [0.25, 0.3) is 5.91 Å². The first-order valence-electron chi connectivity index (χ1n) is 20.9. The average Bonchev–Trinajstić information content (AvgIpc) is 3.83. The van der Waals surface area contributed by atoms with Gasteiger partial charge in [0.05, 0.1) is 33.6 Å². The standard InChI is InChI=1S/C28H21Cl2N3O2S.C24H22N2O3S/c1-15-21(27(35)33-18-7-3-2-4-8-18)22(19-9-5-6-10-20(19)30)23-24(31)26(36-28(23)32-15)25(34)16-11-13-17(29)14-12-16;1-3-29-24(28)17-14(2)26-23-19(18(17)15-10-6-4-7-11-15)20(25)22(30-23)21(27)16-12-8-5-9-13-16/h2-14,22,32H,31H2,1H3,(H,33,35);4-13,18,26H,3,25H2,1-2H3. The zero-order chi connectivity index (χ0) is 46.6. The molecule has 0 spiro atoms. The first-order valence-corrected chi connectivity index (χ1v) is 23.3. The van der Waals surface area contributed by atoms with Crippen LogP contribution in [-0.2, 0) is 14.3 Å². The van der Waals surface area contributed by atoms with Crippen molar-refractivity contribution in [2.75, 3.05) is 34.0 Å². The molecule has 14 heteroatoms. The van der Waals surface area contributed by atoms with Crippen LogP contribution in [0.2, 0.25) is 10.0 Å². The first-order chi connectivity index (χ1) is 31.9. The number of allylic oxidation sites excluding steroid dienone is 2. The molecule has 0 radical (unpaired) electrons. The number of hydrogen-bond donors (Lipinski definition) is 5. The number of fused-ring (bicyclic) bond motifs is 2. The molecule has 9 rings (SSSR count). The van der Waals surface area contributed by atoms with Gasteiger partial charge in [-0.2, -0.15) is 0 Å². The number of benzene rings is 5. The normalized spacial score (nSPS) is 15.0. The van der Waals surface area contributed by atoms with E-state index in [0.29, 0.717) is 81.1 Å². The minimum atomic E-state index is -0.568. The molecule has 0 bridgehead atoms. The number of nitrogen functional groups attached to an aromatic ring is 2. The van der Waals surface area contributed by atoms with Crippen LogP contribution in [0.4, 0.5) is 27.1 Å². The summed E-state index contributed by atoms with van der Waals surface area (Å²) in [6.45, 7) is 5.74. The fraction of sp³-hybridized carbons (Fsp3) is 0.115. The number of carbonyl (C=O) groups excluding carboxylic acids is 4. The summed E-state index contributed by atoms with van der Waals surface area (Å²) >= 11 is 15.2. The number of thiophene rings is 2. The number of esters is 1. The van der Waals surface area contributed by atoms with Crippen molar-refractivity contribution in [3.8, 4) is 0 Å². The van der Waals surface area contributed by atoms with Crippen LogP contribution in [0.15, 0.2) is 162 Å². The molecule has 332 valence electrons. The maximum Gasteiger partial charge on any atom is 0.336 e. The Bertz CT molecular complexity index is 3060. The van der Waals surface area contributed by atoms with E-state index in [1.165, 1.54) is 22.7 Å². The quantitative estimate of drug-likeness (QED) is 0.0663. The lowest BCUT2D eigenvalue weighted by Crippen LogP contribution is -2.27. The molecule has 2 aliphatic rings. The van der Waals surface area contributed by atoms with Gasteiger partial charge in [-0.1, -0.05) is 120 Å². The molecule has 2 atom stereocenters. The molecular weight excluding hydrogens is 910 g/mol. The van der Waals surface area contributed by atoms with Gasteiger partial charge >= 0.3 is 5.97 Å². The zero-order valence-electron chi connectivity index (χ0n) is 35.9. The number of ketones is 2. The molecule has 2 unspecified atom stereocenters. The number of anilines is 5. The van der Waals surface area contributed by atoms with Crippen molar-refractivity contribution < 1.29 is 23.9 Å². The highest BCUT2D eigenvalue weighted by Gasteiger charge is 2.40. The Morgan fingerprint density at radius 1 is 0.621 bits per heavy atom. The summed E-state index contributed by atoms with van der Waals surface area (Å²) in [5.74, 6) is -1.98. The van der Waals surface area contributed by atoms with E-state index in [2.05, 4.69) is 16.0 Å². The lowest BCUT2D eigenvalue weighted by Gasteiger charge is -2.29. The molecule has 10 nitrogen and oxygen atoms in total. The second-order valence-corrected chi connectivity index (χ2v) is 18.3. The van der Waals surface area contributed by atoms with Crippen LogP contribution >= 0.6 is 45.9 Å². The number of ether oxygens (including phenoxy) is 1. The van der Waals surface area contributed by atoms with Crippen molar-refractivity contribution in [3.63, 3.8) is 0 Å². The zero-order valence-corrected chi connectivity index (χ0v) is 39.1. The van der Waals surface area contributed by atoms with Crippen LogP contribution < -0.4 is 27.4 Å². The Kier molecular flexibility index (Phi) is 13.6. The Morgan fingerprint density at radius 2 is 1.11 bits per heavy atom. The van der Waals surface area contributed by atoms with Crippen LogP contribution in [-0.4, -0.2) is 30.0 Å². The molecule has 1 amide bonds. The molecule has 0 fully saturated rings. The van der Waals surface area contributed by atoms with Crippen LogP contribution in [0.5, 0.6) is 0 Å². The van der Waals surface area contributed by atoms with Crippen molar-refractivity contribution in [1.29, 1.82) is 0 Å². The predicted octanol–water partition coefficient (Wildman–Crippen LogP) is 12.3. The van der Waals surface area contributed by atoms with Crippen LogP contribution in [0.25, 0.3) is 0 Å². The predicted molar refractivity (Wildman–Crippen MR) is 268 cm³/mol. The summed E-state index contributed by atoms with van der Waals surface area (Å²) in [7, 11) is 0. The molecular formula is C52H43Cl2N5O5S2. The van der Waals surface area contributed by atoms with E-state index in [4.69, 9.17) is 39.4 Å². The van der Waals surface area contributed by atoms with Gasteiger partial charge in [0.1, 0.15) is 9.75 Å². The van der Waals surface area contributed by atoms with Crippen LogP contribution in [0.1, 0.15) is 85.3 Å². The van der Waals surface area contributed by atoms with Gasteiger partial charge in [-0.3, -0.25) is 14.4 Å². The molecule has 7 N–H and O–H groups in total. The number of carbonyl (C=O) groups is 4. The highest BCUT2D eigenvalue weighted by atomic mass is 35.5. The summed E-state index contributed by atoms with van der Waals surface area (Å²) in [5, 5.41) is 12.1. The number of nitrogens with two attached hydrogens (primary N) is 2. The molecule has 0 saturated heterocycles. The van der Waals surface area contributed by atoms with Gasteiger partial charge < -0.3 is 32.2 Å². The van der Waals surface area contributed by atoms with Gasteiger partial charge in [0.15, 0.2) is 0 Å². The molecule has 7 aromatic rings. The number of amides is 1. The molecule has 2 aliphatic heterocycles. The number of rotatable bonds is 10. The van der Waals surface area contributed by atoms with Crippen molar-refractivity contribution in [2.45, 2.75) is 32.6 Å². The summed E-state index contributed by atoms with van der Waals surface area (Å²) in [4.78, 5) is 53.8. The lowest BCUT2D eigenvalue weighted by molar-refractivity contribution is -0.138. The van der Waals surface area contributed by atoms with Crippen molar-refractivity contribution in [1.82, 2.24) is 0 Å². The fourth-order valence-corrected chi connectivity index (χ4v) is 10.9. The molecule has 5 aromatic carbocycles. The Balaban J connectivity index is 0.000000182. The SMILES string of the molecule is CC1=C(C(=O)Nc2ccccc2)C(c2ccccc2Cl)c2c(sc(C(=O)c3ccc(Cl)cc3)c2N)N1.CCOC(=O)C1=C(C)Nc2sc(C(=O)c3ccccc3)c(N)c2C1c1ccccc1. The van der Waals surface area contributed by atoms with Crippen molar-refractivity contribution >= 4 is 96.4 Å². The van der Waals surface area contributed by atoms with Gasteiger partial charge in [-0.05, 0) is 74.4 Å². The van der Waals surface area contributed by atoms with E-state index in [0.717, 1.165) is 21.7 Å². The van der Waals surface area contributed by atoms with E-state index < -0.39 is 11.8 Å². The summed E-state index contributed by atoms with van der Waals surface area (Å²) in [6.07, 6.45) is 0. The average molecular weight is 953 g/mol. The fourth-order valence-electron chi connectivity index (χ4n) is 8.16. The Morgan fingerprint density at radius 3 is 1.67 bits per heavy atom. The van der Waals surface area contributed by atoms with E-state index in [1.54, 1.807) is 49.4 Å². The number of halogens is 2. The van der Waals surface area contributed by atoms with Crippen molar-refractivity contribution in [3.05, 3.63) is 215 Å². The highest BCUT2D eigenvalue weighted by Crippen LogP contribution is 2.53. The third-order valence-electron chi connectivity index (χ3n) is 11.2. The minimum absolute atomic E-state index is 0.128. The summed E-state index contributed by atoms with van der Waals surface area (Å²) < 4.78 is 5.34. The van der Waals surface area contributed by atoms with E-state index in [1.807, 2.05) is 111 Å². The van der Waals surface area contributed by atoms with Gasteiger partial charge in [0.2, 0.25) is 11.6 Å². The van der Waals surface area contributed by atoms with Crippen molar-refractivity contribution in [2.24, 2.45) is 0 Å². The first kappa shape index (κ1) is 45.6. The second-order valence-electron chi connectivity index (χ2n) is 15.4. The molecule has 2 aromatic heterocycles. The number of hydrogen-bond acceptors (Lipinski definition) is 11. The third kappa shape index (κ3) is 9.01. The van der Waals surface area contributed by atoms with E-state index >= 15 is 0 Å². The minimum Gasteiger partial charge on any atom is -0.463 e. The van der Waals surface area contributed by atoms with Crippen LogP contribution in [0, 0.1) is 0 Å². The van der Waals surface area contributed by atoms with Gasteiger partial charge in [0, 0.05) is 66.8 Å². The van der Waals surface area contributed by atoms with Gasteiger partial charge in [-0.15, -0.1) is 22.7 Å². The molecule has 0 aliphatic carbocycles. The summed E-state index contributed by atoms with van der Waals surface area (Å²) in [6, 6.07) is 42.0. The summed E-state index contributed by atoms with van der Waals surface area (Å²) in [5.41, 5.74) is 21.1.